The Bertz CT molecular complexity index is 424. The van der Waals surface area contributed by atoms with E-state index in [9.17, 15) is 0 Å². The van der Waals surface area contributed by atoms with Gasteiger partial charge in [-0.25, -0.2) is 0 Å². The fraction of sp³-hybridized carbons (Fsp3) is 0.667. The monoisotopic (exact) mass is 297 g/mol. The Morgan fingerprint density at radius 2 is 2.05 bits per heavy atom. The number of ether oxygens (including phenoxy) is 1. The summed E-state index contributed by atoms with van der Waals surface area (Å²) in [5.41, 5.74) is 6.14. The molecule has 1 aromatic heterocycles. The molecule has 5 heteroatoms. The van der Waals surface area contributed by atoms with Crippen molar-refractivity contribution in [1.82, 2.24) is 10.4 Å². The van der Waals surface area contributed by atoms with Gasteiger partial charge in [-0.15, -0.1) is 0 Å². The van der Waals surface area contributed by atoms with Gasteiger partial charge < -0.3 is 4.74 Å². The summed E-state index contributed by atoms with van der Waals surface area (Å²) in [6.07, 6.45) is 2.69. The molecule has 0 amide bonds. The van der Waals surface area contributed by atoms with Crippen LogP contribution in [0.5, 0.6) is 5.75 Å². The van der Waals surface area contributed by atoms with Crippen LogP contribution in [0.25, 0.3) is 0 Å². The van der Waals surface area contributed by atoms with Gasteiger partial charge >= 0.3 is 0 Å². The molecule has 4 nitrogen and oxygen atoms in total. The van der Waals surface area contributed by atoms with Crippen molar-refractivity contribution in [3.05, 3.63) is 23.0 Å². The highest BCUT2D eigenvalue weighted by atomic mass is 32.2. The first-order valence-corrected chi connectivity index (χ1v) is 8.18. The lowest BCUT2D eigenvalue weighted by Gasteiger charge is -2.18. The molecule has 3 N–H and O–H groups in total. The summed E-state index contributed by atoms with van der Waals surface area (Å²) < 4.78 is 5.45. The van der Waals surface area contributed by atoms with E-state index in [-0.39, 0.29) is 6.04 Å². The molecule has 0 fully saturated rings. The van der Waals surface area contributed by atoms with Crippen molar-refractivity contribution < 1.29 is 4.74 Å². The van der Waals surface area contributed by atoms with Gasteiger partial charge in [-0.3, -0.25) is 16.3 Å². The summed E-state index contributed by atoms with van der Waals surface area (Å²) in [7, 11) is 1.70. The number of methoxy groups -OCH3 is 1. The minimum Gasteiger partial charge on any atom is -0.496 e. The first-order chi connectivity index (χ1) is 9.49. The van der Waals surface area contributed by atoms with E-state index in [0.29, 0.717) is 5.92 Å². The number of rotatable bonds is 8. The standard InChI is InChI=1S/C15H27N3OS/c1-10(2)8-20-9-13(18-16)6-14-12(4)15(19-5)11(3)7-17-14/h7,10,13,18H,6,8-9,16H2,1-5H3. The summed E-state index contributed by atoms with van der Waals surface area (Å²) >= 11 is 1.93. The van der Waals surface area contributed by atoms with Crippen LogP contribution in [0.15, 0.2) is 6.20 Å². The van der Waals surface area contributed by atoms with E-state index in [1.54, 1.807) is 7.11 Å². The zero-order chi connectivity index (χ0) is 15.1. The van der Waals surface area contributed by atoms with Crippen LogP contribution in [0.3, 0.4) is 0 Å². The Morgan fingerprint density at radius 3 is 2.60 bits per heavy atom. The number of aromatic nitrogens is 1. The Morgan fingerprint density at radius 1 is 1.35 bits per heavy atom. The van der Waals surface area contributed by atoms with Gasteiger partial charge in [0.25, 0.3) is 0 Å². The number of thioether (sulfide) groups is 1. The van der Waals surface area contributed by atoms with Crippen molar-refractivity contribution in [2.24, 2.45) is 11.8 Å². The van der Waals surface area contributed by atoms with E-state index in [1.165, 1.54) is 0 Å². The number of pyridine rings is 1. The Balaban J connectivity index is 2.70. The molecule has 1 rings (SSSR count). The number of hydrogen-bond donors (Lipinski definition) is 2. The normalized spacial score (nSPS) is 12.8. The first kappa shape index (κ1) is 17.3. The lowest BCUT2D eigenvalue weighted by molar-refractivity contribution is 0.406. The van der Waals surface area contributed by atoms with Crippen LogP contribution >= 0.6 is 11.8 Å². The average molecular weight is 297 g/mol. The number of hydrazine groups is 1. The van der Waals surface area contributed by atoms with Crippen LogP contribution in [0.4, 0.5) is 0 Å². The highest BCUT2D eigenvalue weighted by Crippen LogP contribution is 2.25. The topological polar surface area (TPSA) is 60.2 Å². The zero-order valence-electron chi connectivity index (χ0n) is 13.2. The molecule has 0 spiro atoms. The Kier molecular flexibility index (Phi) is 7.34. The van der Waals surface area contributed by atoms with Gasteiger partial charge in [0.05, 0.1) is 7.11 Å². The molecule has 0 saturated carbocycles. The molecule has 0 bridgehead atoms. The van der Waals surface area contributed by atoms with Gasteiger partial charge in [0.15, 0.2) is 0 Å². The van der Waals surface area contributed by atoms with Crippen molar-refractivity contribution in [2.75, 3.05) is 18.6 Å². The molecule has 0 radical (unpaired) electrons. The van der Waals surface area contributed by atoms with E-state index in [4.69, 9.17) is 10.6 Å². The molecular formula is C15H27N3OS. The highest BCUT2D eigenvalue weighted by molar-refractivity contribution is 7.99. The molecule has 0 saturated heterocycles. The van der Waals surface area contributed by atoms with Crippen LogP contribution in [0.1, 0.15) is 30.7 Å². The van der Waals surface area contributed by atoms with Gasteiger partial charge in [0.1, 0.15) is 5.75 Å². The number of nitrogens with zero attached hydrogens (tertiary/aromatic N) is 1. The van der Waals surface area contributed by atoms with Gasteiger partial charge in [-0.1, -0.05) is 13.8 Å². The van der Waals surface area contributed by atoms with E-state index in [2.05, 4.69) is 31.2 Å². The molecular weight excluding hydrogens is 270 g/mol. The lowest BCUT2D eigenvalue weighted by atomic mass is 10.1. The van der Waals surface area contributed by atoms with E-state index < -0.39 is 0 Å². The van der Waals surface area contributed by atoms with Gasteiger partial charge in [0.2, 0.25) is 0 Å². The molecule has 114 valence electrons. The quantitative estimate of drug-likeness (QED) is 0.570. The van der Waals surface area contributed by atoms with E-state index >= 15 is 0 Å². The van der Waals surface area contributed by atoms with Gasteiger partial charge in [0, 0.05) is 41.2 Å². The van der Waals surface area contributed by atoms with Crippen molar-refractivity contribution in [3.8, 4) is 5.75 Å². The predicted octanol–water partition coefficient (Wildman–Crippen LogP) is 2.47. The maximum Gasteiger partial charge on any atom is 0.128 e. The minimum absolute atomic E-state index is 0.234. The van der Waals surface area contributed by atoms with E-state index in [1.807, 2.05) is 24.9 Å². The molecule has 1 atom stereocenters. The maximum atomic E-state index is 5.67. The minimum atomic E-state index is 0.234. The molecule has 0 aliphatic carbocycles. The molecule has 0 aliphatic heterocycles. The SMILES string of the molecule is COc1c(C)cnc(CC(CSCC(C)C)NN)c1C. The number of hydrogen-bond acceptors (Lipinski definition) is 5. The largest absolute Gasteiger partial charge is 0.496 e. The first-order valence-electron chi connectivity index (χ1n) is 7.02. The third kappa shape index (κ3) is 4.96. The molecule has 1 unspecified atom stereocenters. The van der Waals surface area contributed by atoms with Crippen molar-refractivity contribution in [1.29, 1.82) is 0 Å². The van der Waals surface area contributed by atoms with Crippen LogP contribution in [-0.4, -0.2) is 29.6 Å². The fourth-order valence-corrected chi connectivity index (χ4v) is 3.23. The number of nitrogens with two attached hydrogens (primary N) is 1. The highest BCUT2D eigenvalue weighted by Gasteiger charge is 2.14. The smallest absolute Gasteiger partial charge is 0.128 e. The predicted molar refractivity (Wildman–Crippen MR) is 87.2 cm³/mol. The van der Waals surface area contributed by atoms with Crippen LogP contribution in [0.2, 0.25) is 0 Å². The Labute approximate surface area is 126 Å². The third-order valence-corrected chi connectivity index (χ3v) is 4.74. The summed E-state index contributed by atoms with van der Waals surface area (Å²) in [6, 6.07) is 0.234. The van der Waals surface area contributed by atoms with Gasteiger partial charge in [-0.2, -0.15) is 11.8 Å². The summed E-state index contributed by atoms with van der Waals surface area (Å²) in [6.45, 7) is 8.53. The maximum absolute atomic E-state index is 5.67. The van der Waals surface area contributed by atoms with Crippen molar-refractivity contribution in [2.45, 2.75) is 40.2 Å². The molecule has 0 aliphatic rings. The molecule has 1 aromatic rings. The van der Waals surface area contributed by atoms with Crippen LogP contribution in [0, 0.1) is 19.8 Å². The van der Waals surface area contributed by atoms with Crippen molar-refractivity contribution >= 4 is 11.8 Å². The molecule has 1 heterocycles. The zero-order valence-corrected chi connectivity index (χ0v) is 14.0. The van der Waals surface area contributed by atoms with Crippen molar-refractivity contribution in [3.63, 3.8) is 0 Å². The average Bonchev–Trinajstić information content (AvgIpc) is 2.40. The third-order valence-electron chi connectivity index (χ3n) is 3.20. The Hall–Kier alpha value is -0.780. The fourth-order valence-electron chi connectivity index (χ4n) is 2.12. The number of aryl methyl sites for hydroxylation is 1. The van der Waals surface area contributed by atoms with E-state index in [0.717, 1.165) is 40.5 Å². The van der Waals surface area contributed by atoms with Crippen LogP contribution < -0.4 is 16.0 Å². The second kappa shape index (κ2) is 8.49. The second-order valence-corrected chi connectivity index (χ2v) is 6.62. The second-order valence-electron chi connectivity index (χ2n) is 5.55. The molecule has 20 heavy (non-hydrogen) atoms. The molecule has 0 aromatic carbocycles. The summed E-state index contributed by atoms with van der Waals surface area (Å²) in [4.78, 5) is 4.53. The van der Waals surface area contributed by atoms with Gasteiger partial charge in [-0.05, 0) is 25.5 Å². The number of nitrogens with one attached hydrogen (secondary N) is 1. The summed E-state index contributed by atoms with van der Waals surface area (Å²) in [5, 5.41) is 0. The van der Waals surface area contributed by atoms with Crippen LogP contribution in [-0.2, 0) is 6.42 Å². The summed E-state index contributed by atoms with van der Waals surface area (Å²) in [5.74, 6) is 9.45. The lowest BCUT2D eigenvalue weighted by Crippen LogP contribution is -2.39.